The second-order valence-corrected chi connectivity index (χ2v) is 8.73. The number of allylic oxidation sites excluding steroid dienone is 1. The molecular formula is C19H24BrN5OS. The van der Waals surface area contributed by atoms with Crippen molar-refractivity contribution >= 4 is 33.6 Å². The van der Waals surface area contributed by atoms with E-state index in [-0.39, 0.29) is 11.2 Å². The SMILES string of the molecule is CC(Sc1nnc(-c2ccccc2Br)n1N)C(=O)NCCC1=CCCCC1. The largest absolute Gasteiger partial charge is 0.355 e. The van der Waals surface area contributed by atoms with E-state index in [0.717, 1.165) is 22.9 Å². The summed E-state index contributed by atoms with van der Waals surface area (Å²) in [7, 11) is 0. The zero-order chi connectivity index (χ0) is 19.2. The summed E-state index contributed by atoms with van der Waals surface area (Å²) in [5.74, 6) is 6.71. The summed E-state index contributed by atoms with van der Waals surface area (Å²) in [4.78, 5) is 12.4. The molecule has 0 saturated carbocycles. The highest BCUT2D eigenvalue weighted by Crippen LogP contribution is 2.29. The highest BCUT2D eigenvalue weighted by Gasteiger charge is 2.20. The number of hydrogen-bond donors (Lipinski definition) is 2. The van der Waals surface area contributed by atoms with E-state index >= 15 is 0 Å². The van der Waals surface area contributed by atoms with Crippen LogP contribution in [0.2, 0.25) is 0 Å². The lowest BCUT2D eigenvalue weighted by molar-refractivity contribution is -0.120. The number of nitrogens with one attached hydrogen (secondary N) is 1. The summed E-state index contributed by atoms with van der Waals surface area (Å²) in [6, 6.07) is 7.69. The van der Waals surface area contributed by atoms with Crippen LogP contribution in [0, 0.1) is 0 Å². The van der Waals surface area contributed by atoms with Gasteiger partial charge in [-0.25, -0.2) is 4.68 Å². The fourth-order valence-corrected chi connectivity index (χ4v) is 4.27. The van der Waals surface area contributed by atoms with Crippen molar-refractivity contribution in [2.75, 3.05) is 12.4 Å². The lowest BCUT2D eigenvalue weighted by Crippen LogP contribution is -2.32. The van der Waals surface area contributed by atoms with E-state index < -0.39 is 0 Å². The molecule has 2 aromatic rings. The van der Waals surface area contributed by atoms with Gasteiger partial charge in [-0.2, -0.15) is 0 Å². The first-order valence-electron chi connectivity index (χ1n) is 9.14. The number of benzene rings is 1. The number of carbonyl (C=O) groups excluding carboxylic acids is 1. The highest BCUT2D eigenvalue weighted by atomic mass is 79.9. The maximum Gasteiger partial charge on any atom is 0.233 e. The Bertz CT molecular complexity index is 835. The first-order chi connectivity index (χ1) is 13.1. The molecule has 6 nitrogen and oxygen atoms in total. The number of amides is 1. The molecule has 3 rings (SSSR count). The van der Waals surface area contributed by atoms with Gasteiger partial charge in [-0.1, -0.05) is 51.5 Å². The second kappa shape index (κ2) is 9.41. The zero-order valence-electron chi connectivity index (χ0n) is 15.3. The summed E-state index contributed by atoms with van der Waals surface area (Å²) in [6.45, 7) is 2.53. The molecule has 1 unspecified atom stereocenters. The van der Waals surface area contributed by atoms with Crippen LogP contribution >= 0.6 is 27.7 Å². The number of carbonyl (C=O) groups is 1. The fraction of sp³-hybridized carbons (Fsp3) is 0.421. The van der Waals surface area contributed by atoms with Crippen LogP contribution in [0.3, 0.4) is 0 Å². The van der Waals surface area contributed by atoms with Crippen LogP contribution in [-0.4, -0.2) is 32.6 Å². The zero-order valence-corrected chi connectivity index (χ0v) is 17.7. The predicted octanol–water partition coefficient (Wildman–Crippen LogP) is 3.91. The van der Waals surface area contributed by atoms with Crippen LogP contribution in [0.4, 0.5) is 0 Å². The summed E-state index contributed by atoms with van der Waals surface area (Å²) >= 11 is 4.81. The van der Waals surface area contributed by atoms with Crippen molar-refractivity contribution in [1.82, 2.24) is 20.2 Å². The minimum Gasteiger partial charge on any atom is -0.355 e. The lowest BCUT2D eigenvalue weighted by Gasteiger charge is -2.14. The van der Waals surface area contributed by atoms with Crippen molar-refractivity contribution in [3.05, 3.63) is 40.4 Å². The Kier molecular flexibility index (Phi) is 6.95. The Morgan fingerprint density at radius 1 is 1.37 bits per heavy atom. The smallest absolute Gasteiger partial charge is 0.233 e. The molecule has 27 heavy (non-hydrogen) atoms. The summed E-state index contributed by atoms with van der Waals surface area (Å²) in [5.41, 5.74) is 2.32. The van der Waals surface area contributed by atoms with Gasteiger partial charge in [0.05, 0.1) is 5.25 Å². The van der Waals surface area contributed by atoms with E-state index in [1.165, 1.54) is 41.3 Å². The Hall–Kier alpha value is -1.80. The average molecular weight is 450 g/mol. The minimum atomic E-state index is -0.302. The molecule has 3 N–H and O–H groups in total. The Balaban J connectivity index is 1.56. The summed E-state index contributed by atoms with van der Waals surface area (Å²) in [6.07, 6.45) is 8.12. The molecule has 1 amide bonds. The van der Waals surface area contributed by atoms with Gasteiger partial charge in [-0.15, -0.1) is 10.2 Å². The van der Waals surface area contributed by atoms with Gasteiger partial charge >= 0.3 is 0 Å². The summed E-state index contributed by atoms with van der Waals surface area (Å²) < 4.78 is 2.32. The van der Waals surface area contributed by atoms with Crippen molar-refractivity contribution in [2.45, 2.75) is 49.4 Å². The van der Waals surface area contributed by atoms with Crippen LogP contribution < -0.4 is 11.2 Å². The number of nitrogens with two attached hydrogens (primary N) is 1. The van der Waals surface area contributed by atoms with E-state index in [4.69, 9.17) is 5.84 Å². The third kappa shape index (κ3) is 5.13. The molecule has 1 aromatic heterocycles. The molecule has 0 bridgehead atoms. The second-order valence-electron chi connectivity index (χ2n) is 6.57. The first-order valence-corrected chi connectivity index (χ1v) is 10.8. The molecule has 1 aromatic carbocycles. The number of nitrogen functional groups attached to an aromatic ring is 1. The monoisotopic (exact) mass is 449 g/mol. The van der Waals surface area contributed by atoms with Gasteiger partial charge in [0, 0.05) is 16.6 Å². The van der Waals surface area contributed by atoms with Crippen LogP contribution in [-0.2, 0) is 4.79 Å². The van der Waals surface area contributed by atoms with Crippen molar-refractivity contribution in [3.63, 3.8) is 0 Å². The van der Waals surface area contributed by atoms with E-state index in [1.54, 1.807) is 0 Å². The Labute approximate surface area is 172 Å². The van der Waals surface area contributed by atoms with Crippen molar-refractivity contribution < 1.29 is 4.79 Å². The van der Waals surface area contributed by atoms with E-state index in [0.29, 0.717) is 17.5 Å². The van der Waals surface area contributed by atoms with Gasteiger partial charge in [-0.3, -0.25) is 4.79 Å². The van der Waals surface area contributed by atoms with Crippen LogP contribution in [0.25, 0.3) is 11.4 Å². The molecule has 1 heterocycles. The fourth-order valence-electron chi connectivity index (χ4n) is 3.02. The van der Waals surface area contributed by atoms with E-state index in [9.17, 15) is 4.79 Å². The lowest BCUT2D eigenvalue weighted by atomic mass is 9.97. The van der Waals surface area contributed by atoms with Crippen molar-refractivity contribution in [3.8, 4) is 11.4 Å². The topological polar surface area (TPSA) is 85.8 Å². The van der Waals surface area contributed by atoms with Gasteiger partial charge in [0.1, 0.15) is 0 Å². The maximum absolute atomic E-state index is 12.4. The molecule has 8 heteroatoms. The number of aromatic nitrogens is 3. The Morgan fingerprint density at radius 2 is 2.19 bits per heavy atom. The van der Waals surface area contributed by atoms with E-state index in [2.05, 4.69) is 37.5 Å². The third-order valence-corrected chi connectivity index (χ3v) is 6.31. The van der Waals surface area contributed by atoms with Crippen LogP contribution in [0.1, 0.15) is 39.0 Å². The molecule has 1 aliphatic carbocycles. The van der Waals surface area contributed by atoms with Crippen LogP contribution in [0.5, 0.6) is 0 Å². The summed E-state index contributed by atoms with van der Waals surface area (Å²) in [5, 5.41) is 11.6. The van der Waals surface area contributed by atoms with Gasteiger partial charge < -0.3 is 11.2 Å². The standard InChI is InChI=1S/C19H24BrN5OS/c1-13(18(26)22-12-11-14-7-3-2-4-8-14)27-19-24-23-17(25(19)21)15-9-5-6-10-16(15)20/h5-7,9-10,13H,2-4,8,11-12,21H2,1H3,(H,22,26). The van der Waals surface area contributed by atoms with Crippen LogP contribution in [0.15, 0.2) is 45.5 Å². The molecule has 144 valence electrons. The van der Waals surface area contributed by atoms with Gasteiger partial charge in [0.25, 0.3) is 0 Å². The van der Waals surface area contributed by atoms with Gasteiger partial charge in [-0.05, 0) is 51.2 Å². The van der Waals surface area contributed by atoms with Crippen molar-refractivity contribution in [2.24, 2.45) is 0 Å². The maximum atomic E-state index is 12.4. The first kappa shape index (κ1) is 19.9. The highest BCUT2D eigenvalue weighted by molar-refractivity contribution is 9.10. The number of thioether (sulfide) groups is 1. The molecule has 1 aliphatic rings. The predicted molar refractivity (Wildman–Crippen MR) is 113 cm³/mol. The average Bonchev–Trinajstić information content (AvgIpc) is 3.03. The number of nitrogens with zero attached hydrogens (tertiary/aromatic N) is 3. The van der Waals surface area contributed by atoms with Crippen molar-refractivity contribution in [1.29, 1.82) is 0 Å². The number of halogens is 1. The van der Waals surface area contributed by atoms with Gasteiger partial charge in [0.2, 0.25) is 11.1 Å². The minimum absolute atomic E-state index is 0.0122. The third-order valence-electron chi connectivity index (χ3n) is 4.56. The molecule has 0 aliphatic heterocycles. The molecule has 0 radical (unpaired) electrons. The molecule has 1 atom stereocenters. The van der Waals surface area contributed by atoms with Gasteiger partial charge in [0.15, 0.2) is 5.82 Å². The molecule has 0 saturated heterocycles. The Morgan fingerprint density at radius 3 is 2.93 bits per heavy atom. The molecule has 0 fully saturated rings. The quantitative estimate of drug-likeness (QED) is 0.380. The molecule has 0 spiro atoms. The molecular weight excluding hydrogens is 426 g/mol. The number of rotatable bonds is 7. The normalized spacial score (nSPS) is 15.3. The van der Waals surface area contributed by atoms with E-state index in [1.807, 2.05) is 31.2 Å². The number of hydrogen-bond acceptors (Lipinski definition) is 5.